The lowest BCUT2D eigenvalue weighted by Gasteiger charge is -2.29. The van der Waals surface area contributed by atoms with Crippen LogP contribution in [0.15, 0.2) is 18.2 Å². The molecular formula is C14H13ClFNO. The largest absolute Gasteiger partial charge is 0.298 e. The number of carbonyl (C=O) groups is 1. The number of rotatable bonds is 2. The molecule has 2 nitrogen and oxygen atoms in total. The van der Waals surface area contributed by atoms with Crippen LogP contribution in [0.2, 0.25) is 5.02 Å². The summed E-state index contributed by atoms with van der Waals surface area (Å²) < 4.78 is 13.4. The first kappa shape index (κ1) is 13.0. The molecule has 1 fully saturated rings. The van der Waals surface area contributed by atoms with Crippen LogP contribution >= 0.6 is 11.6 Å². The summed E-state index contributed by atoms with van der Waals surface area (Å²) in [6.07, 6.45) is 2.86. The van der Waals surface area contributed by atoms with Gasteiger partial charge in [0, 0.05) is 6.42 Å². The van der Waals surface area contributed by atoms with E-state index in [0.717, 1.165) is 12.8 Å². The van der Waals surface area contributed by atoms with Gasteiger partial charge in [-0.1, -0.05) is 30.2 Å². The number of Topliss-reactive ketones (excluding diaryl/α,β-unsaturated/α-hetero) is 1. The number of benzene rings is 1. The SMILES string of the molecule is N#CC1(Cc2cccc(F)c2Cl)CCCCC1=O. The minimum absolute atomic E-state index is 0.0190. The standard InChI is InChI=1S/C14H13ClFNO/c15-13-10(4-3-5-11(13)16)8-14(9-17)7-2-1-6-12(14)18/h3-5H,1-2,6-8H2. The van der Waals surface area contributed by atoms with Gasteiger partial charge in [0.15, 0.2) is 5.78 Å². The van der Waals surface area contributed by atoms with E-state index in [4.69, 9.17) is 11.6 Å². The molecule has 4 heteroatoms. The molecule has 0 heterocycles. The molecule has 1 unspecified atom stereocenters. The Kier molecular flexibility index (Phi) is 3.68. The topological polar surface area (TPSA) is 40.9 Å². The molecule has 94 valence electrons. The fraction of sp³-hybridized carbons (Fsp3) is 0.429. The third-order valence-corrected chi connectivity index (χ3v) is 3.95. The number of nitriles is 1. The molecule has 0 bridgehead atoms. The maximum absolute atomic E-state index is 13.4. The molecule has 0 amide bonds. The Hall–Kier alpha value is -1.40. The molecule has 2 rings (SSSR count). The molecule has 0 aromatic heterocycles. The summed E-state index contributed by atoms with van der Waals surface area (Å²) in [5, 5.41) is 9.34. The third kappa shape index (κ3) is 2.26. The van der Waals surface area contributed by atoms with Crippen LogP contribution in [0.25, 0.3) is 0 Å². The van der Waals surface area contributed by atoms with Gasteiger partial charge in [0.05, 0.1) is 11.1 Å². The van der Waals surface area contributed by atoms with Crippen molar-refractivity contribution >= 4 is 17.4 Å². The second-order valence-corrected chi connectivity index (χ2v) is 5.09. The van der Waals surface area contributed by atoms with E-state index in [2.05, 4.69) is 6.07 Å². The van der Waals surface area contributed by atoms with Crippen molar-refractivity contribution in [2.45, 2.75) is 32.1 Å². The highest BCUT2D eigenvalue weighted by Gasteiger charge is 2.40. The van der Waals surface area contributed by atoms with Gasteiger partial charge in [-0.2, -0.15) is 5.26 Å². The smallest absolute Gasteiger partial charge is 0.153 e. The van der Waals surface area contributed by atoms with Gasteiger partial charge in [-0.25, -0.2) is 4.39 Å². The Balaban J connectivity index is 2.34. The van der Waals surface area contributed by atoms with Crippen molar-refractivity contribution in [3.05, 3.63) is 34.6 Å². The molecule has 18 heavy (non-hydrogen) atoms. The molecule has 1 aromatic carbocycles. The first-order valence-corrected chi connectivity index (χ1v) is 6.34. The highest BCUT2D eigenvalue weighted by atomic mass is 35.5. The number of carbonyl (C=O) groups excluding carboxylic acids is 1. The van der Waals surface area contributed by atoms with Crippen molar-refractivity contribution in [1.29, 1.82) is 5.26 Å². The summed E-state index contributed by atoms with van der Waals surface area (Å²) in [6.45, 7) is 0. The fourth-order valence-corrected chi connectivity index (χ4v) is 2.64. The van der Waals surface area contributed by atoms with Gasteiger partial charge in [-0.3, -0.25) is 4.79 Å². The summed E-state index contributed by atoms with van der Waals surface area (Å²) >= 11 is 5.88. The van der Waals surface area contributed by atoms with Gasteiger partial charge < -0.3 is 0 Å². The van der Waals surface area contributed by atoms with Crippen LogP contribution in [-0.2, 0) is 11.2 Å². The molecular weight excluding hydrogens is 253 g/mol. The zero-order valence-corrected chi connectivity index (χ0v) is 10.6. The molecule has 1 atom stereocenters. The molecule has 0 radical (unpaired) electrons. The van der Waals surface area contributed by atoms with Crippen molar-refractivity contribution in [3.8, 4) is 6.07 Å². The lowest BCUT2D eigenvalue weighted by atomic mass is 9.70. The van der Waals surface area contributed by atoms with Crippen molar-refractivity contribution in [3.63, 3.8) is 0 Å². The molecule has 1 aliphatic rings. The second-order valence-electron chi connectivity index (χ2n) is 4.71. The lowest BCUT2D eigenvalue weighted by Crippen LogP contribution is -2.35. The van der Waals surface area contributed by atoms with E-state index in [-0.39, 0.29) is 17.2 Å². The van der Waals surface area contributed by atoms with Crippen LogP contribution < -0.4 is 0 Å². The highest BCUT2D eigenvalue weighted by molar-refractivity contribution is 6.31. The van der Waals surface area contributed by atoms with E-state index < -0.39 is 11.2 Å². The Labute approximate surface area is 110 Å². The first-order chi connectivity index (χ1) is 8.59. The van der Waals surface area contributed by atoms with E-state index in [1.807, 2.05) is 0 Å². The quantitative estimate of drug-likeness (QED) is 0.818. The van der Waals surface area contributed by atoms with Crippen LogP contribution in [-0.4, -0.2) is 5.78 Å². The van der Waals surface area contributed by atoms with Crippen molar-refractivity contribution in [2.75, 3.05) is 0 Å². The van der Waals surface area contributed by atoms with Crippen molar-refractivity contribution in [2.24, 2.45) is 5.41 Å². The fourth-order valence-electron chi connectivity index (χ4n) is 2.45. The van der Waals surface area contributed by atoms with Crippen LogP contribution in [0.5, 0.6) is 0 Å². The van der Waals surface area contributed by atoms with Crippen molar-refractivity contribution in [1.82, 2.24) is 0 Å². The summed E-state index contributed by atoms with van der Waals surface area (Å²) in [7, 11) is 0. The normalized spacial score (nSPS) is 23.7. The maximum Gasteiger partial charge on any atom is 0.153 e. The first-order valence-electron chi connectivity index (χ1n) is 5.96. The average Bonchev–Trinajstić information content (AvgIpc) is 2.38. The summed E-state index contributed by atoms with van der Waals surface area (Å²) in [5.41, 5.74) is -0.483. The van der Waals surface area contributed by atoms with E-state index in [0.29, 0.717) is 18.4 Å². The molecule has 1 saturated carbocycles. The van der Waals surface area contributed by atoms with Crippen molar-refractivity contribution < 1.29 is 9.18 Å². The minimum Gasteiger partial charge on any atom is -0.298 e. The summed E-state index contributed by atoms with van der Waals surface area (Å²) in [4.78, 5) is 12.0. The van der Waals surface area contributed by atoms with Crippen LogP contribution in [0.3, 0.4) is 0 Å². The van der Waals surface area contributed by atoms with Gasteiger partial charge in [0.25, 0.3) is 0 Å². The summed E-state index contributed by atoms with van der Waals surface area (Å²) in [6, 6.07) is 6.63. The lowest BCUT2D eigenvalue weighted by molar-refractivity contribution is -0.128. The summed E-state index contributed by atoms with van der Waals surface area (Å²) in [5.74, 6) is -0.554. The van der Waals surface area contributed by atoms with Gasteiger partial charge in [-0.05, 0) is 30.9 Å². The third-order valence-electron chi connectivity index (χ3n) is 3.53. The van der Waals surface area contributed by atoms with Gasteiger partial charge in [0.1, 0.15) is 11.2 Å². The maximum atomic E-state index is 13.4. The van der Waals surface area contributed by atoms with Crippen LogP contribution in [0.1, 0.15) is 31.2 Å². The number of hydrogen-bond donors (Lipinski definition) is 0. The van der Waals surface area contributed by atoms with E-state index in [9.17, 15) is 14.4 Å². The zero-order valence-electron chi connectivity index (χ0n) is 9.88. The van der Waals surface area contributed by atoms with Crippen LogP contribution in [0.4, 0.5) is 4.39 Å². The molecule has 1 aromatic rings. The number of halogens is 2. The Morgan fingerprint density at radius 1 is 1.44 bits per heavy atom. The zero-order chi connectivity index (χ0) is 13.2. The molecule has 1 aliphatic carbocycles. The Morgan fingerprint density at radius 3 is 2.89 bits per heavy atom. The van der Waals surface area contributed by atoms with Crippen LogP contribution in [0, 0.1) is 22.6 Å². The Bertz CT molecular complexity index is 523. The molecule has 0 saturated heterocycles. The monoisotopic (exact) mass is 265 g/mol. The number of hydrogen-bond acceptors (Lipinski definition) is 2. The predicted octanol–water partition coefficient (Wildman–Crippen LogP) is 3.67. The highest BCUT2D eigenvalue weighted by Crippen LogP contribution is 2.37. The van der Waals surface area contributed by atoms with Gasteiger partial charge >= 0.3 is 0 Å². The minimum atomic E-state index is -1.02. The van der Waals surface area contributed by atoms with E-state index >= 15 is 0 Å². The van der Waals surface area contributed by atoms with Gasteiger partial charge in [-0.15, -0.1) is 0 Å². The second kappa shape index (κ2) is 5.07. The number of nitrogens with zero attached hydrogens (tertiary/aromatic N) is 1. The predicted molar refractivity (Wildman–Crippen MR) is 66.6 cm³/mol. The van der Waals surface area contributed by atoms with E-state index in [1.54, 1.807) is 12.1 Å². The Morgan fingerprint density at radius 2 is 2.22 bits per heavy atom. The number of ketones is 1. The average molecular weight is 266 g/mol. The van der Waals surface area contributed by atoms with Gasteiger partial charge in [0.2, 0.25) is 0 Å². The molecule has 0 N–H and O–H groups in total. The molecule has 0 aliphatic heterocycles. The molecule has 0 spiro atoms. The van der Waals surface area contributed by atoms with E-state index in [1.165, 1.54) is 6.07 Å².